The zero-order chi connectivity index (χ0) is 14.9. The number of ketones is 1. The first-order chi connectivity index (χ1) is 9.36. The highest BCUT2D eigenvalue weighted by atomic mass is 16.1. The molecule has 0 aliphatic heterocycles. The maximum Gasteiger partial charge on any atom is 0.138 e. The van der Waals surface area contributed by atoms with Crippen molar-refractivity contribution in [2.75, 3.05) is 18.5 Å². The maximum absolute atomic E-state index is 12.3. The van der Waals surface area contributed by atoms with Crippen molar-refractivity contribution in [1.82, 2.24) is 0 Å². The summed E-state index contributed by atoms with van der Waals surface area (Å²) >= 11 is 0. The van der Waals surface area contributed by atoms with Crippen LogP contribution in [0.1, 0.15) is 37.8 Å². The zero-order valence-corrected chi connectivity index (χ0v) is 13.4. The van der Waals surface area contributed by atoms with E-state index < -0.39 is 0 Å². The number of rotatable bonds is 3. The molecule has 2 nitrogen and oxygen atoms in total. The molecule has 0 bridgehead atoms. The molecule has 0 aromatic heterocycles. The van der Waals surface area contributed by atoms with E-state index in [1.165, 1.54) is 23.2 Å². The Hall–Kier alpha value is -1.31. The molecule has 0 amide bonds. The van der Waals surface area contributed by atoms with Crippen LogP contribution in [0.4, 0.5) is 5.69 Å². The highest BCUT2D eigenvalue weighted by Crippen LogP contribution is 2.32. The average Bonchev–Trinajstić information content (AvgIpc) is 2.32. The fraction of sp³-hybridized carbons (Fsp3) is 0.611. The summed E-state index contributed by atoms with van der Waals surface area (Å²) < 4.78 is 0. The normalized spacial score (nSPS) is 26.6. The highest BCUT2D eigenvalue weighted by molar-refractivity contribution is 5.83. The summed E-state index contributed by atoms with van der Waals surface area (Å²) in [6.07, 6.45) is 1.94. The van der Waals surface area contributed by atoms with Crippen LogP contribution in [-0.4, -0.2) is 19.4 Å². The average molecular weight is 273 g/mol. The van der Waals surface area contributed by atoms with E-state index in [0.29, 0.717) is 17.6 Å². The summed E-state index contributed by atoms with van der Waals surface area (Å²) in [5.41, 5.74) is 3.79. The minimum Gasteiger partial charge on any atom is -0.374 e. The molecule has 1 aliphatic carbocycles. The van der Waals surface area contributed by atoms with Crippen molar-refractivity contribution in [3.8, 4) is 0 Å². The maximum atomic E-state index is 12.3. The van der Waals surface area contributed by atoms with Gasteiger partial charge in [0.25, 0.3) is 0 Å². The number of aryl methyl sites for hydroxylation is 2. The van der Waals surface area contributed by atoms with Crippen LogP contribution in [0, 0.1) is 31.6 Å². The summed E-state index contributed by atoms with van der Waals surface area (Å²) in [6.45, 7) is 9.52. The van der Waals surface area contributed by atoms with E-state index in [0.717, 1.165) is 13.0 Å². The highest BCUT2D eigenvalue weighted by Gasteiger charge is 2.33. The van der Waals surface area contributed by atoms with Crippen LogP contribution in [0.15, 0.2) is 18.2 Å². The fourth-order valence-electron chi connectivity index (χ4n) is 3.55. The number of benzene rings is 1. The molecule has 1 aliphatic rings. The molecule has 20 heavy (non-hydrogen) atoms. The van der Waals surface area contributed by atoms with Crippen molar-refractivity contribution >= 4 is 11.5 Å². The van der Waals surface area contributed by atoms with E-state index in [1.807, 2.05) is 0 Å². The van der Waals surface area contributed by atoms with Gasteiger partial charge in [0.05, 0.1) is 0 Å². The van der Waals surface area contributed by atoms with Crippen LogP contribution in [-0.2, 0) is 4.79 Å². The third-order valence-corrected chi connectivity index (χ3v) is 4.54. The Bertz CT molecular complexity index is 474. The van der Waals surface area contributed by atoms with E-state index in [1.54, 1.807) is 0 Å². The van der Waals surface area contributed by atoms with Crippen LogP contribution in [0.2, 0.25) is 0 Å². The Morgan fingerprint density at radius 3 is 2.30 bits per heavy atom. The molecule has 0 N–H and O–H groups in total. The van der Waals surface area contributed by atoms with Gasteiger partial charge in [-0.2, -0.15) is 0 Å². The molecule has 2 heteroatoms. The van der Waals surface area contributed by atoms with Gasteiger partial charge >= 0.3 is 0 Å². The first kappa shape index (κ1) is 15.1. The molecule has 1 aromatic carbocycles. The molecule has 0 spiro atoms. The largest absolute Gasteiger partial charge is 0.374 e. The van der Waals surface area contributed by atoms with Crippen LogP contribution in [0.25, 0.3) is 0 Å². The van der Waals surface area contributed by atoms with Crippen molar-refractivity contribution in [3.63, 3.8) is 0 Å². The molecule has 0 saturated heterocycles. The van der Waals surface area contributed by atoms with Crippen molar-refractivity contribution in [1.29, 1.82) is 0 Å². The second kappa shape index (κ2) is 5.99. The third-order valence-electron chi connectivity index (χ3n) is 4.54. The topological polar surface area (TPSA) is 20.3 Å². The quantitative estimate of drug-likeness (QED) is 0.830. The summed E-state index contributed by atoms with van der Waals surface area (Å²) in [6, 6.07) is 6.59. The number of hydrogen-bond acceptors (Lipinski definition) is 2. The van der Waals surface area contributed by atoms with Gasteiger partial charge in [-0.05, 0) is 55.4 Å². The molecule has 0 heterocycles. The summed E-state index contributed by atoms with van der Waals surface area (Å²) in [5.74, 6) is 1.70. The minimum absolute atomic E-state index is 0.192. The van der Waals surface area contributed by atoms with Gasteiger partial charge in [-0.1, -0.05) is 19.9 Å². The van der Waals surface area contributed by atoms with Crippen molar-refractivity contribution in [3.05, 3.63) is 29.3 Å². The van der Waals surface area contributed by atoms with Crippen LogP contribution < -0.4 is 4.90 Å². The van der Waals surface area contributed by atoms with Gasteiger partial charge in [-0.25, -0.2) is 0 Å². The lowest BCUT2D eigenvalue weighted by atomic mass is 9.74. The molecule has 0 radical (unpaired) electrons. The van der Waals surface area contributed by atoms with Crippen molar-refractivity contribution in [2.45, 2.75) is 40.5 Å². The number of carbonyl (C=O) groups excluding carboxylic acids is 1. The number of carbonyl (C=O) groups is 1. The molecule has 1 saturated carbocycles. The summed E-state index contributed by atoms with van der Waals surface area (Å²) in [7, 11) is 2.10. The minimum atomic E-state index is 0.192. The number of hydrogen-bond donors (Lipinski definition) is 0. The monoisotopic (exact) mass is 273 g/mol. The molecular weight excluding hydrogens is 246 g/mol. The first-order valence-corrected chi connectivity index (χ1v) is 7.69. The Labute approximate surface area is 123 Å². The molecule has 1 aromatic rings. The van der Waals surface area contributed by atoms with Gasteiger partial charge in [-0.3, -0.25) is 4.79 Å². The third kappa shape index (κ3) is 3.41. The second-order valence-electron chi connectivity index (χ2n) is 6.82. The molecular formula is C18H27NO. The van der Waals surface area contributed by atoms with Crippen LogP contribution in [0.3, 0.4) is 0 Å². The lowest BCUT2D eigenvalue weighted by molar-refractivity contribution is -0.127. The zero-order valence-electron chi connectivity index (χ0n) is 13.4. The van der Waals surface area contributed by atoms with E-state index in [-0.39, 0.29) is 5.92 Å². The van der Waals surface area contributed by atoms with E-state index >= 15 is 0 Å². The molecule has 110 valence electrons. The molecule has 1 fully saturated rings. The van der Waals surface area contributed by atoms with Crippen molar-refractivity contribution in [2.24, 2.45) is 17.8 Å². The fourth-order valence-corrected chi connectivity index (χ4v) is 3.55. The van der Waals surface area contributed by atoms with Gasteiger partial charge in [0, 0.05) is 31.6 Å². The molecule has 3 unspecified atom stereocenters. The summed E-state index contributed by atoms with van der Waals surface area (Å²) in [4.78, 5) is 14.5. The standard InChI is InChI=1S/C18H27NO/c1-12-6-13(2)9-16(8-12)19(5)11-17-15(4)7-14(3)10-18(17)20/h6,8-9,14-15,17H,7,10-11H2,1-5H3. The Morgan fingerprint density at radius 2 is 1.75 bits per heavy atom. The Morgan fingerprint density at radius 1 is 1.15 bits per heavy atom. The van der Waals surface area contributed by atoms with E-state index in [4.69, 9.17) is 0 Å². The van der Waals surface area contributed by atoms with Gasteiger partial charge in [-0.15, -0.1) is 0 Å². The van der Waals surface area contributed by atoms with Gasteiger partial charge in [0.2, 0.25) is 0 Å². The van der Waals surface area contributed by atoms with E-state index in [9.17, 15) is 4.79 Å². The van der Waals surface area contributed by atoms with Gasteiger partial charge in [0.15, 0.2) is 0 Å². The molecule has 3 atom stereocenters. The smallest absolute Gasteiger partial charge is 0.138 e. The van der Waals surface area contributed by atoms with Crippen LogP contribution in [0.5, 0.6) is 0 Å². The predicted octanol–water partition coefficient (Wildman–Crippen LogP) is 3.99. The van der Waals surface area contributed by atoms with Gasteiger partial charge < -0.3 is 4.90 Å². The van der Waals surface area contributed by atoms with Crippen molar-refractivity contribution < 1.29 is 4.79 Å². The summed E-state index contributed by atoms with van der Waals surface area (Å²) in [5, 5.41) is 0. The lowest BCUT2D eigenvalue weighted by Gasteiger charge is -2.34. The first-order valence-electron chi connectivity index (χ1n) is 7.69. The second-order valence-corrected chi connectivity index (χ2v) is 6.82. The number of anilines is 1. The van der Waals surface area contributed by atoms with Gasteiger partial charge in [0.1, 0.15) is 5.78 Å². The van der Waals surface area contributed by atoms with E-state index in [2.05, 4.69) is 57.8 Å². The molecule has 2 rings (SSSR count). The lowest BCUT2D eigenvalue weighted by Crippen LogP contribution is -2.38. The number of Topliss-reactive ketones (excluding diaryl/α,β-unsaturated/α-hetero) is 1. The Kier molecular flexibility index (Phi) is 4.52. The van der Waals surface area contributed by atoms with Crippen LogP contribution >= 0.6 is 0 Å². The SMILES string of the molecule is Cc1cc(C)cc(N(C)CC2C(=O)CC(C)CC2C)c1. The predicted molar refractivity (Wildman–Crippen MR) is 85.2 cm³/mol. The Balaban J connectivity index is 2.10. The number of nitrogens with zero attached hydrogens (tertiary/aromatic N) is 1.